The van der Waals surface area contributed by atoms with E-state index in [2.05, 4.69) is 9.73 Å². The van der Waals surface area contributed by atoms with Crippen molar-refractivity contribution in [3.63, 3.8) is 0 Å². The summed E-state index contributed by atoms with van der Waals surface area (Å²) in [5, 5.41) is 11.2. The zero-order chi connectivity index (χ0) is 33.8. The lowest BCUT2D eigenvalue weighted by Crippen LogP contribution is -2.40. The summed E-state index contributed by atoms with van der Waals surface area (Å²) in [7, 11) is 1.25. The molecule has 1 aliphatic rings. The van der Waals surface area contributed by atoms with Crippen LogP contribution in [0.5, 0.6) is 11.5 Å². The Bertz CT molecular complexity index is 2100. The second-order valence-electron chi connectivity index (χ2n) is 9.93. The number of benzene rings is 2. The number of thiazole rings is 1. The molecule has 0 bridgehead atoms. The van der Waals surface area contributed by atoms with Crippen LogP contribution in [-0.2, 0) is 19.1 Å². The molecule has 5 rings (SSSR count). The number of nitro benzene ring substituents is 1. The zero-order valence-corrected chi connectivity index (χ0v) is 27.2. The monoisotopic (exact) mass is 681 g/mol. The number of methoxy groups -OCH3 is 1. The van der Waals surface area contributed by atoms with Gasteiger partial charge in [-0.3, -0.25) is 19.5 Å². The first-order chi connectivity index (χ1) is 22.6. The number of nitrogens with zero attached hydrogens (tertiary/aromatic N) is 3. The number of esters is 2. The summed E-state index contributed by atoms with van der Waals surface area (Å²) < 4.78 is 29.0. The Kier molecular flexibility index (Phi) is 9.92. The lowest BCUT2D eigenvalue weighted by atomic mass is 9.95. The number of hydrogen-bond donors (Lipinski definition) is 0. The number of ether oxygens (including phenoxy) is 4. The quantitative estimate of drug-likeness (QED) is 0.125. The Morgan fingerprint density at radius 2 is 1.89 bits per heavy atom. The molecule has 3 heterocycles. The Morgan fingerprint density at radius 1 is 1.11 bits per heavy atom. The number of rotatable bonds is 11. The molecule has 13 nitrogen and oxygen atoms in total. The van der Waals surface area contributed by atoms with Crippen molar-refractivity contribution >= 4 is 46.6 Å². The first-order valence-corrected chi connectivity index (χ1v) is 15.5. The standard InChI is InChI=1S/C32H28ClN3O10S/c1-5-43-25-13-18(7-11-24(25)45-16-27(37)42-4)29-28(31(39)44-6-2)17(3)34-32-35(29)30(38)26(47-32)15-20-9-12-23(46-20)21-10-8-19(36(40)41)14-22(21)33/h7-15,29H,5-6,16H2,1-4H3/b26-15-/t29-/m0/s1. The molecule has 244 valence electrons. The molecule has 47 heavy (non-hydrogen) atoms. The molecular formula is C32H28ClN3O10S. The molecule has 0 amide bonds. The maximum atomic E-state index is 14.0. The third-order valence-corrected chi connectivity index (χ3v) is 8.30. The fourth-order valence-corrected chi connectivity index (χ4v) is 6.20. The van der Waals surface area contributed by atoms with E-state index >= 15 is 0 Å². The predicted octanol–water partition coefficient (Wildman–Crippen LogP) is 4.57. The molecule has 2 aromatic carbocycles. The van der Waals surface area contributed by atoms with Crippen LogP contribution < -0.4 is 24.4 Å². The van der Waals surface area contributed by atoms with Gasteiger partial charge in [-0.2, -0.15) is 0 Å². The Hall–Kier alpha value is -5.21. The smallest absolute Gasteiger partial charge is 0.343 e. The summed E-state index contributed by atoms with van der Waals surface area (Å²) in [5.41, 5.74) is 0.899. The third-order valence-electron chi connectivity index (χ3n) is 7.00. The van der Waals surface area contributed by atoms with Gasteiger partial charge in [-0.15, -0.1) is 0 Å². The fraction of sp³-hybridized carbons (Fsp3) is 0.250. The van der Waals surface area contributed by atoms with Gasteiger partial charge in [0.15, 0.2) is 22.9 Å². The highest BCUT2D eigenvalue weighted by atomic mass is 35.5. The number of carbonyl (C=O) groups is 2. The summed E-state index contributed by atoms with van der Waals surface area (Å²) in [4.78, 5) is 54.5. The molecule has 0 spiro atoms. The van der Waals surface area contributed by atoms with Gasteiger partial charge in [0, 0.05) is 23.8 Å². The van der Waals surface area contributed by atoms with E-state index in [1.54, 1.807) is 57.2 Å². The molecule has 0 N–H and O–H groups in total. The predicted molar refractivity (Wildman–Crippen MR) is 171 cm³/mol. The van der Waals surface area contributed by atoms with Crippen LogP contribution in [0.15, 0.2) is 74.0 Å². The first-order valence-electron chi connectivity index (χ1n) is 14.3. The summed E-state index contributed by atoms with van der Waals surface area (Å²) in [6, 6.07) is 11.3. The van der Waals surface area contributed by atoms with Crippen LogP contribution in [0.4, 0.5) is 5.69 Å². The van der Waals surface area contributed by atoms with E-state index in [1.165, 1.54) is 29.9 Å². The van der Waals surface area contributed by atoms with Crippen LogP contribution in [0, 0.1) is 10.1 Å². The molecule has 1 atom stereocenters. The largest absolute Gasteiger partial charge is 0.490 e. The maximum absolute atomic E-state index is 14.0. The highest BCUT2D eigenvalue weighted by Crippen LogP contribution is 2.37. The Labute approximate surface area is 276 Å². The number of nitro groups is 1. The molecule has 4 aromatic rings. The normalized spacial score (nSPS) is 14.3. The summed E-state index contributed by atoms with van der Waals surface area (Å²) >= 11 is 7.39. The fourth-order valence-electron chi connectivity index (χ4n) is 4.91. The van der Waals surface area contributed by atoms with Crippen molar-refractivity contribution in [3.8, 4) is 22.8 Å². The minimum absolute atomic E-state index is 0.108. The van der Waals surface area contributed by atoms with Crippen LogP contribution in [0.3, 0.4) is 0 Å². The van der Waals surface area contributed by atoms with Crippen molar-refractivity contribution in [1.29, 1.82) is 0 Å². The van der Waals surface area contributed by atoms with E-state index in [-0.39, 0.29) is 46.4 Å². The molecule has 2 aromatic heterocycles. The van der Waals surface area contributed by atoms with Gasteiger partial charge in [0.1, 0.15) is 11.5 Å². The first kappa shape index (κ1) is 33.2. The topological polar surface area (TPSA) is 162 Å². The van der Waals surface area contributed by atoms with Crippen molar-refractivity contribution in [2.24, 2.45) is 4.99 Å². The van der Waals surface area contributed by atoms with Gasteiger partial charge < -0.3 is 23.4 Å². The molecule has 0 unspecified atom stereocenters. The summed E-state index contributed by atoms with van der Waals surface area (Å²) in [6.45, 7) is 5.17. The zero-order valence-electron chi connectivity index (χ0n) is 25.6. The lowest BCUT2D eigenvalue weighted by Gasteiger charge is -2.25. The second-order valence-corrected chi connectivity index (χ2v) is 11.3. The molecule has 0 radical (unpaired) electrons. The van der Waals surface area contributed by atoms with E-state index < -0.39 is 28.5 Å². The van der Waals surface area contributed by atoms with Gasteiger partial charge in [-0.25, -0.2) is 14.6 Å². The lowest BCUT2D eigenvalue weighted by molar-refractivity contribution is -0.384. The number of fused-ring (bicyclic) bond motifs is 1. The number of non-ortho nitro benzene ring substituents is 1. The van der Waals surface area contributed by atoms with Crippen LogP contribution in [0.2, 0.25) is 5.02 Å². The third kappa shape index (κ3) is 6.83. The number of carbonyl (C=O) groups excluding carboxylic acids is 2. The molecule has 0 fully saturated rings. The Balaban J connectivity index is 1.60. The molecule has 0 aliphatic carbocycles. The number of furan rings is 1. The van der Waals surface area contributed by atoms with Gasteiger partial charge in [0.2, 0.25) is 0 Å². The minimum atomic E-state index is -0.938. The van der Waals surface area contributed by atoms with Crippen molar-refractivity contribution < 1.29 is 37.9 Å². The van der Waals surface area contributed by atoms with Crippen LogP contribution >= 0.6 is 22.9 Å². The van der Waals surface area contributed by atoms with Gasteiger partial charge in [-0.05, 0) is 56.7 Å². The number of aromatic nitrogens is 1. The van der Waals surface area contributed by atoms with E-state index in [4.69, 9.17) is 30.2 Å². The number of allylic oxidation sites excluding steroid dienone is 1. The molecule has 0 saturated carbocycles. The summed E-state index contributed by atoms with van der Waals surface area (Å²) in [5.74, 6) is 0.0259. The minimum Gasteiger partial charge on any atom is -0.490 e. The van der Waals surface area contributed by atoms with Gasteiger partial charge >= 0.3 is 11.9 Å². The molecule has 0 saturated heterocycles. The van der Waals surface area contributed by atoms with Crippen molar-refractivity contribution in [2.75, 3.05) is 26.9 Å². The number of halogens is 1. The van der Waals surface area contributed by atoms with E-state index in [0.29, 0.717) is 38.9 Å². The van der Waals surface area contributed by atoms with Gasteiger partial charge in [0.25, 0.3) is 11.2 Å². The van der Waals surface area contributed by atoms with Crippen LogP contribution in [-0.4, -0.2) is 48.4 Å². The van der Waals surface area contributed by atoms with Gasteiger partial charge in [0.05, 0.1) is 52.1 Å². The van der Waals surface area contributed by atoms with E-state index in [9.17, 15) is 24.5 Å². The number of hydrogen-bond acceptors (Lipinski definition) is 12. The van der Waals surface area contributed by atoms with Crippen molar-refractivity contribution in [3.05, 3.63) is 106 Å². The molecule has 15 heteroatoms. The van der Waals surface area contributed by atoms with Crippen LogP contribution in [0.1, 0.15) is 38.1 Å². The van der Waals surface area contributed by atoms with Crippen LogP contribution in [0.25, 0.3) is 17.4 Å². The van der Waals surface area contributed by atoms with E-state index in [0.717, 1.165) is 11.3 Å². The van der Waals surface area contributed by atoms with Crippen molar-refractivity contribution in [1.82, 2.24) is 4.57 Å². The molecular weight excluding hydrogens is 654 g/mol. The summed E-state index contributed by atoms with van der Waals surface area (Å²) in [6.07, 6.45) is 1.54. The Morgan fingerprint density at radius 3 is 2.57 bits per heavy atom. The molecule has 1 aliphatic heterocycles. The maximum Gasteiger partial charge on any atom is 0.343 e. The SMILES string of the molecule is CCOC(=O)C1=C(C)N=c2s/c(=C\c3ccc(-c4ccc([N+](=O)[O-])cc4Cl)o3)c(=O)n2[C@H]1c1ccc(OCC(=O)OC)c(OCC)c1. The van der Waals surface area contributed by atoms with Crippen molar-refractivity contribution in [2.45, 2.75) is 26.8 Å². The highest BCUT2D eigenvalue weighted by molar-refractivity contribution is 7.07. The average molecular weight is 682 g/mol. The van der Waals surface area contributed by atoms with Gasteiger partial charge in [-0.1, -0.05) is 29.0 Å². The highest BCUT2D eigenvalue weighted by Gasteiger charge is 2.34. The second kappa shape index (κ2) is 14.1. The van der Waals surface area contributed by atoms with E-state index in [1.807, 2.05) is 0 Å². The average Bonchev–Trinajstić information content (AvgIpc) is 3.63.